The van der Waals surface area contributed by atoms with Crippen molar-refractivity contribution in [2.75, 3.05) is 52.5 Å². The van der Waals surface area contributed by atoms with Crippen LogP contribution in [-0.4, -0.2) is 90.8 Å². The van der Waals surface area contributed by atoms with Crippen molar-refractivity contribution in [3.8, 4) is 34.1 Å². The lowest BCUT2D eigenvalue weighted by Crippen LogP contribution is -2.57. The van der Waals surface area contributed by atoms with Crippen LogP contribution >= 0.6 is 11.6 Å². The van der Waals surface area contributed by atoms with Gasteiger partial charge >= 0.3 is 6.18 Å². The van der Waals surface area contributed by atoms with E-state index in [1.165, 1.54) is 6.42 Å². The zero-order chi connectivity index (χ0) is 35.7. The Labute approximate surface area is 295 Å². The summed E-state index contributed by atoms with van der Waals surface area (Å²) >= 11 is 6.78. The van der Waals surface area contributed by atoms with Crippen molar-refractivity contribution in [2.45, 2.75) is 64.0 Å². The average Bonchev–Trinajstić information content (AvgIpc) is 3.09. The lowest BCUT2D eigenvalue weighted by Gasteiger charge is -2.40. The third-order valence-corrected chi connectivity index (χ3v) is 9.68. The molecule has 0 aliphatic carbocycles. The molecule has 0 saturated carbocycles. The van der Waals surface area contributed by atoms with Gasteiger partial charge in [-0.05, 0) is 92.7 Å². The number of hydrogen-bond acceptors (Lipinski definition) is 8. The SMILES string of the molecule is Cc1c(COc2cc(OCCN3CCCC(O)(C(F)(F)F)C3)c(CN3CCCCC3)cc2Cl)cccc1-c1ccc2c(c1)OCCO2.O=CO. The van der Waals surface area contributed by atoms with Gasteiger partial charge in [-0.1, -0.05) is 42.3 Å². The normalized spacial score (nSPS) is 19.6. The monoisotopic (exact) mass is 720 g/mol. The minimum Gasteiger partial charge on any atom is -0.492 e. The molecule has 3 aromatic carbocycles. The zero-order valence-electron chi connectivity index (χ0n) is 28.1. The molecule has 3 aliphatic rings. The molecular weight excluding hydrogens is 677 g/mol. The number of β-amino-alcohol motifs (C(OH)–C–C–N with tert-alkyl or cyclic N) is 1. The van der Waals surface area contributed by atoms with Gasteiger partial charge in [0.25, 0.3) is 6.47 Å². The van der Waals surface area contributed by atoms with Crippen molar-refractivity contribution in [3.05, 3.63) is 70.2 Å². The molecule has 13 heteroatoms. The Hall–Kier alpha value is -3.71. The molecule has 3 heterocycles. The molecule has 0 radical (unpaired) electrons. The minimum atomic E-state index is -4.67. The average molecular weight is 721 g/mol. The fourth-order valence-corrected chi connectivity index (χ4v) is 6.89. The summed E-state index contributed by atoms with van der Waals surface area (Å²) in [7, 11) is 0. The summed E-state index contributed by atoms with van der Waals surface area (Å²) in [6.07, 6.45) is -1.21. The van der Waals surface area contributed by atoms with Crippen LogP contribution in [-0.2, 0) is 17.9 Å². The van der Waals surface area contributed by atoms with Crippen LogP contribution in [0.25, 0.3) is 11.1 Å². The van der Waals surface area contributed by atoms with Crippen LogP contribution < -0.4 is 18.9 Å². The molecule has 6 rings (SSSR count). The van der Waals surface area contributed by atoms with Gasteiger partial charge in [0.05, 0.1) is 5.02 Å². The summed E-state index contributed by atoms with van der Waals surface area (Å²) < 4.78 is 64.5. The Kier molecular flexibility index (Phi) is 12.8. The number of hydrogen-bond donors (Lipinski definition) is 2. The van der Waals surface area contributed by atoms with Gasteiger partial charge in [-0.25, -0.2) is 0 Å². The predicted octanol–water partition coefficient (Wildman–Crippen LogP) is 7.12. The van der Waals surface area contributed by atoms with Crippen molar-refractivity contribution < 1.29 is 47.1 Å². The molecule has 0 aromatic heterocycles. The molecule has 1 atom stereocenters. The summed E-state index contributed by atoms with van der Waals surface area (Å²) in [5.41, 5.74) is 2.36. The topological polar surface area (TPSA) is 101 Å². The molecule has 272 valence electrons. The maximum atomic E-state index is 13.5. The summed E-state index contributed by atoms with van der Waals surface area (Å²) in [5, 5.41) is 17.6. The first kappa shape index (κ1) is 37.5. The van der Waals surface area contributed by atoms with Gasteiger partial charge in [-0.2, -0.15) is 13.2 Å². The Morgan fingerprint density at radius 1 is 0.920 bits per heavy atom. The van der Waals surface area contributed by atoms with E-state index in [9.17, 15) is 18.3 Å². The van der Waals surface area contributed by atoms with Gasteiger partial charge in [0, 0.05) is 31.3 Å². The molecule has 2 N–H and O–H groups in total. The number of carbonyl (C=O) groups is 1. The van der Waals surface area contributed by atoms with Crippen LogP contribution in [0.3, 0.4) is 0 Å². The Balaban J connectivity index is 0.00000156. The van der Waals surface area contributed by atoms with Crippen molar-refractivity contribution in [1.29, 1.82) is 0 Å². The van der Waals surface area contributed by atoms with E-state index in [1.54, 1.807) is 11.0 Å². The molecular formula is C37H44ClF3N2O7. The van der Waals surface area contributed by atoms with Gasteiger partial charge in [-0.3, -0.25) is 14.6 Å². The van der Waals surface area contributed by atoms with Crippen LogP contribution in [0.1, 0.15) is 48.8 Å². The molecule has 2 saturated heterocycles. The van der Waals surface area contributed by atoms with E-state index in [1.807, 2.05) is 36.4 Å². The van der Waals surface area contributed by atoms with Crippen LogP contribution in [0.15, 0.2) is 48.5 Å². The second kappa shape index (κ2) is 17.0. The Morgan fingerprint density at radius 2 is 1.64 bits per heavy atom. The molecule has 9 nitrogen and oxygen atoms in total. The quantitative estimate of drug-likeness (QED) is 0.212. The third kappa shape index (κ3) is 9.34. The number of carboxylic acid groups (broad SMARTS) is 1. The van der Waals surface area contributed by atoms with E-state index in [0.717, 1.165) is 65.2 Å². The lowest BCUT2D eigenvalue weighted by atomic mass is 9.92. The van der Waals surface area contributed by atoms with Crippen molar-refractivity contribution in [2.24, 2.45) is 0 Å². The molecule has 0 bridgehead atoms. The van der Waals surface area contributed by atoms with E-state index in [4.69, 9.17) is 40.4 Å². The zero-order valence-corrected chi connectivity index (χ0v) is 28.9. The first-order chi connectivity index (χ1) is 24.0. The van der Waals surface area contributed by atoms with Crippen molar-refractivity contribution >= 4 is 18.1 Å². The summed E-state index contributed by atoms with van der Waals surface area (Å²) in [6, 6.07) is 15.7. The highest BCUT2D eigenvalue weighted by Crippen LogP contribution is 2.39. The number of benzene rings is 3. The minimum absolute atomic E-state index is 0.165. The first-order valence-electron chi connectivity index (χ1n) is 16.9. The van der Waals surface area contributed by atoms with Crippen molar-refractivity contribution in [3.63, 3.8) is 0 Å². The molecule has 1 unspecified atom stereocenters. The number of aliphatic hydroxyl groups is 1. The maximum absolute atomic E-state index is 13.5. The standard InChI is InChI=1S/C36H42ClF3N2O5.CH2O2/c1-25-27(7-5-8-29(25)26-9-10-31-34(20-26)46-18-17-45-31)23-47-33-21-32(28(19-30(33)37)22-41-12-3-2-4-13-41)44-16-15-42-14-6-11-35(43,24-42)36(38,39)40;2-1-3/h5,7-10,19-21,43H,2-4,6,11-18,22-24H2,1H3;1H,(H,2,3). The predicted molar refractivity (Wildman–Crippen MR) is 183 cm³/mol. The number of likely N-dealkylation sites (tertiary alicyclic amines) is 2. The number of fused-ring (bicyclic) bond motifs is 1. The molecule has 0 spiro atoms. The smallest absolute Gasteiger partial charge is 0.418 e. The molecule has 2 fully saturated rings. The molecule has 3 aliphatic heterocycles. The highest BCUT2D eigenvalue weighted by atomic mass is 35.5. The van der Waals surface area contributed by atoms with E-state index in [-0.39, 0.29) is 39.1 Å². The van der Waals surface area contributed by atoms with Gasteiger partial charge in [-0.15, -0.1) is 0 Å². The number of nitrogens with zero attached hydrogens (tertiary/aromatic N) is 2. The summed E-state index contributed by atoms with van der Waals surface area (Å²) in [4.78, 5) is 12.3. The van der Waals surface area contributed by atoms with Crippen molar-refractivity contribution in [1.82, 2.24) is 9.80 Å². The first-order valence-corrected chi connectivity index (χ1v) is 17.3. The number of ether oxygens (including phenoxy) is 4. The summed E-state index contributed by atoms with van der Waals surface area (Å²) in [5.74, 6) is 2.54. The second-order valence-corrected chi connectivity index (χ2v) is 13.2. The van der Waals surface area contributed by atoms with Gasteiger partial charge < -0.3 is 29.2 Å². The van der Waals surface area contributed by atoms with Crippen LogP contribution in [0.5, 0.6) is 23.0 Å². The van der Waals surface area contributed by atoms with Gasteiger partial charge in [0.15, 0.2) is 17.1 Å². The van der Waals surface area contributed by atoms with Crippen LogP contribution in [0.4, 0.5) is 13.2 Å². The number of alkyl halides is 3. The van der Waals surface area contributed by atoms with Crippen LogP contribution in [0, 0.1) is 6.92 Å². The highest BCUT2D eigenvalue weighted by Gasteiger charge is 2.55. The molecule has 0 amide bonds. The second-order valence-electron chi connectivity index (χ2n) is 12.8. The highest BCUT2D eigenvalue weighted by molar-refractivity contribution is 6.32. The van der Waals surface area contributed by atoms with E-state index >= 15 is 0 Å². The summed E-state index contributed by atoms with van der Waals surface area (Å²) in [6.45, 7) is 6.21. The number of rotatable bonds is 10. The van der Waals surface area contributed by atoms with E-state index < -0.39 is 18.3 Å². The van der Waals surface area contributed by atoms with Crippen LogP contribution in [0.2, 0.25) is 5.02 Å². The largest absolute Gasteiger partial charge is 0.492 e. The number of piperidine rings is 2. The lowest BCUT2D eigenvalue weighted by molar-refractivity contribution is -0.274. The Morgan fingerprint density at radius 3 is 2.38 bits per heavy atom. The fourth-order valence-electron chi connectivity index (χ4n) is 6.65. The molecule has 3 aromatic rings. The molecule has 50 heavy (non-hydrogen) atoms. The fraction of sp³-hybridized carbons (Fsp3) is 0.486. The van der Waals surface area contributed by atoms with E-state index in [0.29, 0.717) is 42.8 Å². The Bertz CT molecular complexity index is 1600. The maximum Gasteiger partial charge on any atom is 0.418 e. The number of halogens is 4. The third-order valence-electron chi connectivity index (χ3n) is 9.38. The van der Waals surface area contributed by atoms with Gasteiger partial charge in [0.1, 0.15) is 37.9 Å². The van der Waals surface area contributed by atoms with Gasteiger partial charge in [0.2, 0.25) is 0 Å². The van der Waals surface area contributed by atoms with E-state index in [2.05, 4.69) is 17.9 Å².